The number of hydrogen-bond acceptors (Lipinski definition) is 4. The number of rotatable bonds is 5. The summed E-state index contributed by atoms with van der Waals surface area (Å²) in [5, 5.41) is 9.11. The Kier molecular flexibility index (Phi) is 4.61. The van der Waals surface area contributed by atoms with Crippen molar-refractivity contribution in [2.24, 2.45) is 5.73 Å². The highest BCUT2D eigenvalue weighted by molar-refractivity contribution is 5.45. The Bertz CT molecular complexity index is 564. The van der Waals surface area contributed by atoms with Crippen LogP contribution in [0.3, 0.4) is 0 Å². The number of aliphatic hydroxyl groups is 1. The summed E-state index contributed by atoms with van der Waals surface area (Å²) in [7, 11) is 1.57. The number of aliphatic hydroxyl groups excluding tert-OH is 1. The molecule has 106 valence electrons. The van der Waals surface area contributed by atoms with Crippen LogP contribution in [0.5, 0.6) is 17.2 Å². The van der Waals surface area contributed by atoms with E-state index < -0.39 is 0 Å². The van der Waals surface area contributed by atoms with Gasteiger partial charge < -0.3 is 20.3 Å². The molecule has 4 heteroatoms. The molecule has 0 fully saturated rings. The molecule has 0 saturated heterocycles. The van der Waals surface area contributed by atoms with Gasteiger partial charge in [-0.1, -0.05) is 18.2 Å². The molecule has 0 spiro atoms. The van der Waals surface area contributed by atoms with Crippen molar-refractivity contribution in [3.8, 4) is 17.2 Å². The number of hydrogen-bond donors (Lipinski definition) is 2. The quantitative estimate of drug-likeness (QED) is 0.879. The zero-order chi connectivity index (χ0) is 14.5. The molecule has 0 amide bonds. The van der Waals surface area contributed by atoms with Crippen LogP contribution in [0.2, 0.25) is 0 Å². The summed E-state index contributed by atoms with van der Waals surface area (Å²) >= 11 is 0. The highest BCUT2D eigenvalue weighted by Gasteiger charge is 2.07. The van der Waals surface area contributed by atoms with Crippen LogP contribution in [0, 0.1) is 0 Å². The Morgan fingerprint density at radius 2 is 1.80 bits per heavy atom. The molecule has 0 aliphatic carbocycles. The maximum absolute atomic E-state index is 9.11. The highest BCUT2D eigenvalue weighted by atomic mass is 16.5. The van der Waals surface area contributed by atoms with Gasteiger partial charge in [0, 0.05) is 6.04 Å². The summed E-state index contributed by atoms with van der Waals surface area (Å²) in [4.78, 5) is 0. The number of methoxy groups -OCH3 is 1. The molecular weight excluding hydrogens is 254 g/mol. The molecule has 0 saturated carbocycles. The third-order valence-electron chi connectivity index (χ3n) is 3.04. The third-order valence-corrected chi connectivity index (χ3v) is 3.04. The van der Waals surface area contributed by atoms with Crippen LogP contribution in [0.25, 0.3) is 0 Å². The van der Waals surface area contributed by atoms with Gasteiger partial charge in [0.25, 0.3) is 0 Å². The first-order valence-corrected chi connectivity index (χ1v) is 6.45. The molecule has 2 aromatic rings. The van der Waals surface area contributed by atoms with Gasteiger partial charge >= 0.3 is 0 Å². The summed E-state index contributed by atoms with van der Waals surface area (Å²) in [5.74, 6) is 1.91. The van der Waals surface area contributed by atoms with Gasteiger partial charge in [-0.15, -0.1) is 0 Å². The summed E-state index contributed by atoms with van der Waals surface area (Å²) in [5.41, 5.74) is 7.64. The van der Waals surface area contributed by atoms with Gasteiger partial charge in [0.2, 0.25) is 0 Å². The maximum Gasteiger partial charge on any atom is 0.169 e. The fourth-order valence-electron chi connectivity index (χ4n) is 1.86. The largest absolute Gasteiger partial charge is 0.493 e. The van der Waals surface area contributed by atoms with Crippen molar-refractivity contribution in [2.45, 2.75) is 19.6 Å². The average molecular weight is 273 g/mol. The third kappa shape index (κ3) is 3.29. The summed E-state index contributed by atoms with van der Waals surface area (Å²) in [6, 6.07) is 13.0. The normalized spacial score (nSPS) is 12.0. The first-order valence-electron chi connectivity index (χ1n) is 6.45. The van der Waals surface area contributed by atoms with Crippen molar-refractivity contribution >= 4 is 0 Å². The summed E-state index contributed by atoms with van der Waals surface area (Å²) in [6.07, 6.45) is 0. The Labute approximate surface area is 118 Å². The molecule has 0 bridgehead atoms. The first kappa shape index (κ1) is 14.4. The van der Waals surface area contributed by atoms with E-state index in [0.717, 1.165) is 11.1 Å². The van der Waals surface area contributed by atoms with Crippen LogP contribution in [0.15, 0.2) is 42.5 Å². The average Bonchev–Trinajstić information content (AvgIpc) is 2.48. The van der Waals surface area contributed by atoms with Gasteiger partial charge in [-0.2, -0.15) is 0 Å². The Morgan fingerprint density at radius 3 is 2.35 bits per heavy atom. The minimum Gasteiger partial charge on any atom is -0.493 e. The monoisotopic (exact) mass is 273 g/mol. The predicted molar refractivity (Wildman–Crippen MR) is 78.0 cm³/mol. The Hall–Kier alpha value is -2.04. The van der Waals surface area contributed by atoms with Crippen LogP contribution in [-0.2, 0) is 6.61 Å². The van der Waals surface area contributed by atoms with E-state index in [-0.39, 0.29) is 12.6 Å². The molecule has 1 atom stereocenters. The van der Waals surface area contributed by atoms with Crippen molar-refractivity contribution in [3.05, 3.63) is 53.6 Å². The number of ether oxygens (including phenoxy) is 2. The smallest absolute Gasteiger partial charge is 0.169 e. The van der Waals surface area contributed by atoms with Crippen molar-refractivity contribution in [2.75, 3.05) is 7.11 Å². The van der Waals surface area contributed by atoms with Gasteiger partial charge in [0.15, 0.2) is 11.5 Å². The first-order chi connectivity index (χ1) is 9.63. The van der Waals surface area contributed by atoms with E-state index in [1.165, 1.54) is 0 Å². The van der Waals surface area contributed by atoms with E-state index in [0.29, 0.717) is 17.2 Å². The molecule has 3 N–H and O–H groups in total. The van der Waals surface area contributed by atoms with Gasteiger partial charge in [-0.25, -0.2) is 0 Å². The standard InChI is InChI=1S/C16H19NO3/c1-11(17)13-4-6-14(7-5-13)20-15-8-3-12(10-18)9-16(15)19-2/h3-9,11,18H,10,17H2,1-2H3/t11-/m0/s1. The van der Waals surface area contributed by atoms with Gasteiger partial charge in [0.05, 0.1) is 13.7 Å². The van der Waals surface area contributed by atoms with Crippen LogP contribution in [-0.4, -0.2) is 12.2 Å². The zero-order valence-electron chi connectivity index (χ0n) is 11.7. The molecule has 0 aliphatic heterocycles. The summed E-state index contributed by atoms with van der Waals surface area (Å²) in [6.45, 7) is 1.91. The highest BCUT2D eigenvalue weighted by Crippen LogP contribution is 2.32. The summed E-state index contributed by atoms with van der Waals surface area (Å²) < 4.78 is 11.1. The minimum atomic E-state index is -0.0281. The lowest BCUT2D eigenvalue weighted by molar-refractivity contribution is 0.280. The molecule has 2 rings (SSSR count). The van der Waals surface area contributed by atoms with Crippen LogP contribution >= 0.6 is 0 Å². The van der Waals surface area contributed by atoms with Crippen LogP contribution < -0.4 is 15.2 Å². The van der Waals surface area contributed by atoms with Crippen LogP contribution in [0.1, 0.15) is 24.1 Å². The van der Waals surface area contributed by atoms with E-state index in [1.54, 1.807) is 25.3 Å². The number of nitrogens with two attached hydrogens (primary N) is 1. The molecule has 0 aliphatic rings. The molecule has 20 heavy (non-hydrogen) atoms. The van der Waals surface area contributed by atoms with E-state index in [2.05, 4.69) is 0 Å². The molecule has 0 aromatic heterocycles. The lowest BCUT2D eigenvalue weighted by atomic mass is 10.1. The topological polar surface area (TPSA) is 64.7 Å². The fraction of sp³-hybridized carbons (Fsp3) is 0.250. The lowest BCUT2D eigenvalue weighted by Gasteiger charge is -2.12. The van der Waals surface area contributed by atoms with E-state index in [9.17, 15) is 0 Å². The zero-order valence-corrected chi connectivity index (χ0v) is 11.7. The van der Waals surface area contributed by atoms with Crippen LogP contribution in [0.4, 0.5) is 0 Å². The SMILES string of the molecule is COc1cc(CO)ccc1Oc1ccc([C@H](C)N)cc1. The molecular formula is C16H19NO3. The van der Waals surface area contributed by atoms with Gasteiger partial charge in [0.1, 0.15) is 5.75 Å². The molecule has 2 aromatic carbocycles. The predicted octanol–water partition coefficient (Wildman–Crippen LogP) is 3.00. The van der Waals surface area contributed by atoms with E-state index >= 15 is 0 Å². The van der Waals surface area contributed by atoms with Gasteiger partial charge in [-0.05, 0) is 42.3 Å². The minimum absolute atomic E-state index is 0.00224. The maximum atomic E-state index is 9.11. The molecule has 0 unspecified atom stereocenters. The van der Waals surface area contributed by atoms with E-state index in [4.69, 9.17) is 20.3 Å². The van der Waals surface area contributed by atoms with Crippen molar-refractivity contribution in [3.63, 3.8) is 0 Å². The lowest BCUT2D eigenvalue weighted by Crippen LogP contribution is -2.04. The second kappa shape index (κ2) is 6.41. The van der Waals surface area contributed by atoms with Crippen molar-refractivity contribution < 1.29 is 14.6 Å². The molecule has 4 nitrogen and oxygen atoms in total. The number of benzene rings is 2. The van der Waals surface area contributed by atoms with E-state index in [1.807, 2.05) is 31.2 Å². The molecule has 0 heterocycles. The van der Waals surface area contributed by atoms with Crippen molar-refractivity contribution in [1.82, 2.24) is 0 Å². The molecule has 0 radical (unpaired) electrons. The van der Waals surface area contributed by atoms with Gasteiger partial charge in [-0.3, -0.25) is 0 Å². The van der Waals surface area contributed by atoms with Crippen molar-refractivity contribution in [1.29, 1.82) is 0 Å². The Morgan fingerprint density at radius 1 is 1.10 bits per heavy atom. The second-order valence-corrected chi connectivity index (χ2v) is 4.60. The fourth-order valence-corrected chi connectivity index (χ4v) is 1.86. The Balaban J connectivity index is 2.20. The second-order valence-electron chi connectivity index (χ2n) is 4.60.